The summed E-state index contributed by atoms with van der Waals surface area (Å²) < 4.78 is 2.93. The fraction of sp³-hybridized carbons (Fsp3) is 0.571. The van der Waals surface area contributed by atoms with Crippen LogP contribution in [0, 0.1) is 23.7 Å². The van der Waals surface area contributed by atoms with E-state index in [2.05, 4.69) is 47.2 Å². The summed E-state index contributed by atoms with van der Waals surface area (Å²) >= 11 is 3.91. The van der Waals surface area contributed by atoms with Crippen LogP contribution in [0.1, 0.15) is 176 Å². The molecule has 12 aliphatic carbocycles. The molecule has 0 atom stereocenters. The Kier molecular flexibility index (Phi) is 7.28. The molecule has 12 fully saturated rings. The molecule has 12 saturated carbocycles. The topological polar surface area (TPSA) is 25.8 Å². The highest BCUT2D eigenvalue weighted by Crippen LogP contribution is 2.63. The predicted octanol–water partition coefficient (Wildman–Crippen LogP) is 16.4. The minimum absolute atomic E-state index is 0.197. The summed E-state index contributed by atoms with van der Waals surface area (Å²) in [4.78, 5) is 13.2. The molecule has 0 unspecified atom stereocenters. The number of hydrogen-bond acceptors (Lipinski definition) is 4. The third kappa shape index (κ3) is 4.67. The van der Waals surface area contributed by atoms with Crippen molar-refractivity contribution in [2.75, 3.05) is 0 Å². The Morgan fingerprint density at radius 3 is 0.867 bits per heavy atom. The Balaban J connectivity index is 1.18. The minimum atomic E-state index is 0.197. The number of benzene rings is 4. The maximum absolute atomic E-state index is 6.60. The lowest BCUT2D eigenvalue weighted by Gasteiger charge is -2.50. The highest BCUT2D eigenvalue weighted by Gasteiger charge is 2.51. The Morgan fingerprint density at radius 2 is 0.600 bits per heavy atom. The summed E-state index contributed by atoms with van der Waals surface area (Å²) in [6.07, 6.45) is 32.7. The van der Waals surface area contributed by atoms with Crippen molar-refractivity contribution < 1.29 is 0 Å². The van der Waals surface area contributed by atoms with E-state index in [1.807, 2.05) is 22.7 Å². The third-order valence-corrected chi connectivity index (χ3v) is 22.4. The first-order valence-corrected chi connectivity index (χ1v) is 26.7. The second kappa shape index (κ2) is 12.3. The number of rotatable bonds is 4. The Morgan fingerprint density at radius 1 is 0.350 bits per heavy atom. The number of thiophene rings is 2. The van der Waals surface area contributed by atoms with Gasteiger partial charge in [-0.05, 0) is 301 Å². The van der Waals surface area contributed by atoms with Crippen molar-refractivity contribution in [2.24, 2.45) is 23.7 Å². The fourth-order valence-electron chi connectivity index (χ4n) is 17.1. The van der Waals surface area contributed by atoms with Gasteiger partial charge in [0, 0.05) is 9.40 Å². The van der Waals surface area contributed by atoms with Crippen molar-refractivity contribution in [3.63, 3.8) is 0 Å². The van der Waals surface area contributed by atoms with Gasteiger partial charge >= 0.3 is 0 Å². The van der Waals surface area contributed by atoms with E-state index in [4.69, 9.17) is 9.97 Å². The van der Waals surface area contributed by atoms with Crippen LogP contribution >= 0.6 is 22.7 Å². The van der Waals surface area contributed by atoms with Crippen molar-refractivity contribution in [1.82, 2.24) is 9.97 Å². The van der Waals surface area contributed by atoms with Crippen LogP contribution in [0.3, 0.4) is 0 Å². The van der Waals surface area contributed by atoms with Crippen LogP contribution in [-0.4, -0.2) is 9.97 Å². The molecule has 306 valence electrons. The summed E-state index contributed by atoms with van der Waals surface area (Å²) in [5.74, 6) is 3.71. The summed E-state index contributed by atoms with van der Waals surface area (Å²) in [7, 11) is 0. The molecule has 2 nitrogen and oxygen atoms in total. The molecule has 0 saturated heterocycles. The van der Waals surface area contributed by atoms with Gasteiger partial charge in [0.1, 0.15) is 0 Å². The van der Waals surface area contributed by atoms with Crippen molar-refractivity contribution >= 4 is 86.5 Å². The van der Waals surface area contributed by atoms with Crippen LogP contribution in [-0.2, 0) is 21.7 Å². The molecule has 0 radical (unpaired) electrons. The summed E-state index contributed by atoms with van der Waals surface area (Å²) in [5.41, 5.74) is 12.8. The SMILES string of the molecule is c1cc2cc3c(C45CCC(CC4)CC5)c4nc5c(C67CCC(CC6)CC7)c6cc7sccc7cc6c(C67CCC(CC6)CC7)c5nc4c(C45CCC(CC4)CC5)c3cc2s1. The van der Waals surface area contributed by atoms with E-state index in [1.165, 1.54) is 196 Å². The van der Waals surface area contributed by atoms with Crippen LogP contribution in [0.15, 0.2) is 47.2 Å². The second-order valence-electron chi connectivity index (χ2n) is 22.9. The van der Waals surface area contributed by atoms with Crippen molar-refractivity contribution in [2.45, 2.75) is 176 Å². The van der Waals surface area contributed by atoms with Crippen LogP contribution in [0.25, 0.3) is 63.8 Å². The standard InChI is InChI=1S/C56H60N2S2/c1-15-53(16-2-33(1)3-17-53)45-39-29-37-13-27-59-43(37)31-41(39)47(55-21-7-35(8-22-55)9-23-55)51-49(45)57-52-48(56-24-10-36(11-25-56)12-26-56)42-32-44-38(14-28-60-44)30-40(42)46(50(52)58-51)54-18-4-34(5-19-54)6-20-54/h13-14,27-36H,1-12,15-26H2. The van der Waals surface area contributed by atoms with Crippen molar-refractivity contribution in [1.29, 1.82) is 0 Å². The van der Waals surface area contributed by atoms with E-state index in [1.54, 1.807) is 43.8 Å². The molecular formula is C56H60N2S2. The fourth-order valence-corrected chi connectivity index (χ4v) is 18.8. The van der Waals surface area contributed by atoms with Gasteiger partial charge in [0.2, 0.25) is 0 Å². The van der Waals surface area contributed by atoms with Gasteiger partial charge in [-0.3, -0.25) is 0 Å². The van der Waals surface area contributed by atoms with Crippen molar-refractivity contribution in [3.05, 3.63) is 69.4 Å². The molecule has 7 aromatic rings. The zero-order valence-corrected chi connectivity index (χ0v) is 37.2. The maximum Gasteiger partial charge on any atom is 0.0941 e. The number of aromatic nitrogens is 2. The van der Waals surface area contributed by atoms with E-state index in [0.29, 0.717) is 0 Å². The number of fused-ring (bicyclic) bond motifs is 18. The van der Waals surface area contributed by atoms with E-state index in [0.717, 1.165) is 23.7 Å². The largest absolute Gasteiger partial charge is 0.244 e. The molecule has 3 aromatic heterocycles. The zero-order valence-electron chi connectivity index (χ0n) is 35.6. The van der Waals surface area contributed by atoms with Crippen LogP contribution in [0.4, 0.5) is 0 Å². The molecule has 4 aromatic carbocycles. The lowest BCUT2D eigenvalue weighted by molar-refractivity contribution is 0.136. The first-order valence-electron chi connectivity index (χ1n) is 25.0. The van der Waals surface area contributed by atoms with Gasteiger partial charge in [0.15, 0.2) is 0 Å². The van der Waals surface area contributed by atoms with Crippen molar-refractivity contribution in [3.8, 4) is 0 Å². The van der Waals surface area contributed by atoms with Gasteiger partial charge < -0.3 is 0 Å². The highest BCUT2D eigenvalue weighted by molar-refractivity contribution is 7.17. The van der Waals surface area contributed by atoms with Gasteiger partial charge in [0.05, 0.1) is 22.1 Å². The highest BCUT2D eigenvalue weighted by atomic mass is 32.1. The average Bonchev–Trinajstić information content (AvgIpc) is 3.99. The van der Waals surface area contributed by atoms with Gasteiger partial charge in [0.25, 0.3) is 0 Å². The summed E-state index contributed by atoms with van der Waals surface area (Å²) in [6, 6.07) is 15.6. The molecule has 12 aliphatic rings. The number of hydrogen-bond donors (Lipinski definition) is 0. The molecule has 19 rings (SSSR count). The van der Waals surface area contributed by atoms with Crippen LogP contribution < -0.4 is 0 Å². The van der Waals surface area contributed by atoms with Gasteiger partial charge in [-0.15, -0.1) is 22.7 Å². The molecule has 0 N–H and O–H groups in total. The Labute approximate surface area is 363 Å². The molecular weight excluding hydrogens is 765 g/mol. The van der Waals surface area contributed by atoms with Gasteiger partial charge in [-0.1, -0.05) is 0 Å². The molecule has 4 heteroatoms. The lowest BCUT2D eigenvalue weighted by Crippen LogP contribution is -2.41. The maximum atomic E-state index is 6.60. The van der Waals surface area contributed by atoms with Gasteiger partial charge in [-0.2, -0.15) is 0 Å². The third-order valence-electron chi connectivity index (χ3n) is 20.6. The summed E-state index contributed by atoms with van der Waals surface area (Å²) in [6.45, 7) is 0. The quantitative estimate of drug-likeness (QED) is 0.165. The number of nitrogens with zero attached hydrogens (tertiary/aromatic N) is 2. The first kappa shape index (κ1) is 35.4. The van der Waals surface area contributed by atoms with Crippen LogP contribution in [0.5, 0.6) is 0 Å². The van der Waals surface area contributed by atoms with E-state index in [9.17, 15) is 0 Å². The zero-order chi connectivity index (χ0) is 39.0. The molecule has 0 aliphatic heterocycles. The smallest absolute Gasteiger partial charge is 0.0941 e. The lowest BCUT2D eigenvalue weighted by atomic mass is 9.54. The van der Waals surface area contributed by atoms with Crippen LogP contribution in [0.2, 0.25) is 0 Å². The normalized spacial score (nSPS) is 36.0. The summed E-state index contributed by atoms with van der Waals surface area (Å²) in [5, 5.41) is 13.9. The van der Waals surface area contributed by atoms with Gasteiger partial charge in [-0.25, -0.2) is 9.97 Å². The Hall–Kier alpha value is -3.08. The van der Waals surface area contributed by atoms with E-state index < -0.39 is 0 Å². The first-order chi connectivity index (χ1) is 29.5. The average molecular weight is 825 g/mol. The van der Waals surface area contributed by atoms with E-state index >= 15 is 0 Å². The Bertz CT molecular complexity index is 2500. The second-order valence-corrected chi connectivity index (χ2v) is 24.8. The molecule has 0 amide bonds. The molecule has 0 spiro atoms. The molecule has 8 bridgehead atoms. The molecule has 60 heavy (non-hydrogen) atoms. The molecule has 3 heterocycles. The monoisotopic (exact) mass is 824 g/mol. The minimum Gasteiger partial charge on any atom is -0.244 e. The van der Waals surface area contributed by atoms with E-state index in [-0.39, 0.29) is 21.7 Å². The predicted molar refractivity (Wildman–Crippen MR) is 254 cm³/mol.